The highest BCUT2D eigenvalue weighted by Crippen LogP contribution is 2.31. The Morgan fingerprint density at radius 2 is 2.20 bits per heavy atom. The van der Waals surface area contributed by atoms with Crippen LogP contribution >= 0.6 is 0 Å². The SMILES string of the molecule is C[C](C)CC1CCCN(c2c([N+](=O)[O-])cnn2C)CC1. The van der Waals surface area contributed by atoms with Crippen molar-refractivity contribution in [3.63, 3.8) is 0 Å². The van der Waals surface area contributed by atoms with Gasteiger partial charge in [-0.25, -0.2) is 4.68 Å². The second-order valence-electron chi connectivity index (χ2n) is 5.93. The van der Waals surface area contributed by atoms with Gasteiger partial charge in [-0.3, -0.25) is 10.1 Å². The second-order valence-corrected chi connectivity index (χ2v) is 5.93. The fraction of sp³-hybridized carbons (Fsp3) is 0.714. The maximum absolute atomic E-state index is 11.1. The molecule has 0 amide bonds. The molecule has 0 aliphatic carbocycles. The predicted molar refractivity (Wildman–Crippen MR) is 78.6 cm³/mol. The molecular weight excluding hydrogens is 256 g/mol. The molecule has 0 bridgehead atoms. The van der Waals surface area contributed by atoms with E-state index in [0.717, 1.165) is 25.9 Å². The Morgan fingerprint density at radius 1 is 1.45 bits per heavy atom. The van der Waals surface area contributed by atoms with E-state index in [1.807, 2.05) is 0 Å². The molecule has 2 rings (SSSR count). The first-order chi connectivity index (χ1) is 9.49. The lowest BCUT2D eigenvalue weighted by Gasteiger charge is -2.22. The number of anilines is 1. The van der Waals surface area contributed by atoms with Crippen LogP contribution in [-0.2, 0) is 7.05 Å². The summed E-state index contributed by atoms with van der Waals surface area (Å²) in [5.41, 5.74) is 0.115. The van der Waals surface area contributed by atoms with Crippen LogP contribution in [0.4, 0.5) is 11.5 Å². The molecule has 6 nitrogen and oxygen atoms in total. The molecule has 0 spiro atoms. The summed E-state index contributed by atoms with van der Waals surface area (Å²) in [7, 11) is 1.77. The predicted octanol–water partition coefficient (Wildman–Crippen LogP) is 2.94. The Morgan fingerprint density at radius 3 is 2.85 bits per heavy atom. The largest absolute Gasteiger partial charge is 0.351 e. The van der Waals surface area contributed by atoms with E-state index < -0.39 is 0 Å². The van der Waals surface area contributed by atoms with Gasteiger partial charge in [0, 0.05) is 20.1 Å². The molecule has 1 aliphatic rings. The van der Waals surface area contributed by atoms with Crippen molar-refractivity contribution in [2.45, 2.75) is 39.5 Å². The average Bonchev–Trinajstić information content (AvgIpc) is 2.60. The van der Waals surface area contributed by atoms with E-state index in [0.29, 0.717) is 11.7 Å². The molecule has 1 atom stereocenters. The van der Waals surface area contributed by atoms with E-state index in [4.69, 9.17) is 0 Å². The third-order valence-corrected chi connectivity index (χ3v) is 3.93. The molecule has 20 heavy (non-hydrogen) atoms. The van der Waals surface area contributed by atoms with Crippen LogP contribution in [-0.4, -0.2) is 27.8 Å². The molecule has 2 heterocycles. The van der Waals surface area contributed by atoms with E-state index >= 15 is 0 Å². The van der Waals surface area contributed by atoms with E-state index in [-0.39, 0.29) is 10.6 Å². The third kappa shape index (κ3) is 3.29. The molecular formula is C14H23N4O2. The zero-order valence-electron chi connectivity index (χ0n) is 12.5. The quantitative estimate of drug-likeness (QED) is 0.628. The highest BCUT2D eigenvalue weighted by Gasteiger charge is 2.27. The fourth-order valence-corrected chi connectivity index (χ4v) is 3.07. The van der Waals surface area contributed by atoms with Crippen LogP contribution in [0, 0.1) is 22.0 Å². The van der Waals surface area contributed by atoms with Gasteiger partial charge in [-0.1, -0.05) is 13.8 Å². The molecule has 1 aromatic heterocycles. The van der Waals surface area contributed by atoms with Crippen LogP contribution in [0.2, 0.25) is 0 Å². The van der Waals surface area contributed by atoms with E-state index in [1.165, 1.54) is 25.0 Å². The Kier molecular flexibility index (Phi) is 4.62. The minimum Gasteiger partial charge on any atom is -0.351 e. The Labute approximate surface area is 119 Å². The van der Waals surface area contributed by atoms with Gasteiger partial charge in [-0.15, -0.1) is 0 Å². The molecule has 1 fully saturated rings. The lowest BCUT2D eigenvalue weighted by molar-refractivity contribution is -0.384. The van der Waals surface area contributed by atoms with Crippen molar-refractivity contribution in [3.05, 3.63) is 22.2 Å². The molecule has 0 saturated carbocycles. The van der Waals surface area contributed by atoms with Crippen LogP contribution in [0.1, 0.15) is 39.5 Å². The van der Waals surface area contributed by atoms with Crippen molar-refractivity contribution in [2.75, 3.05) is 18.0 Å². The van der Waals surface area contributed by atoms with Crippen LogP contribution in [0.15, 0.2) is 6.20 Å². The summed E-state index contributed by atoms with van der Waals surface area (Å²) in [6, 6.07) is 0. The fourth-order valence-electron chi connectivity index (χ4n) is 3.07. The van der Waals surface area contributed by atoms with Crippen molar-refractivity contribution >= 4 is 11.5 Å². The van der Waals surface area contributed by atoms with Gasteiger partial charge in [0.1, 0.15) is 6.20 Å². The van der Waals surface area contributed by atoms with Crippen LogP contribution in [0.3, 0.4) is 0 Å². The number of hydrogen-bond acceptors (Lipinski definition) is 4. The molecule has 1 radical (unpaired) electrons. The maximum Gasteiger partial charge on any atom is 0.331 e. The van der Waals surface area contributed by atoms with Crippen molar-refractivity contribution in [1.82, 2.24) is 9.78 Å². The summed E-state index contributed by atoms with van der Waals surface area (Å²) < 4.78 is 1.62. The van der Waals surface area contributed by atoms with Crippen LogP contribution in [0.25, 0.3) is 0 Å². The summed E-state index contributed by atoms with van der Waals surface area (Å²) >= 11 is 0. The number of nitrogens with zero attached hydrogens (tertiary/aromatic N) is 4. The Balaban J connectivity index is 2.11. The molecule has 1 saturated heterocycles. The summed E-state index contributed by atoms with van der Waals surface area (Å²) in [5.74, 6) is 2.82. The highest BCUT2D eigenvalue weighted by atomic mass is 16.6. The molecule has 111 valence electrons. The van der Waals surface area contributed by atoms with Crippen molar-refractivity contribution < 1.29 is 4.92 Å². The molecule has 6 heteroatoms. The van der Waals surface area contributed by atoms with E-state index in [9.17, 15) is 10.1 Å². The van der Waals surface area contributed by atoms with Gasteiger partial charge >= 0.3 is 5.69 Å². The standard InChI is InChI=1S/C14H23N4O2/c1-11(2)9-12-5-4-7-17(8-6-12)14-13(18(19)20)10-15-16(14)3/h10,12H,4-9H2,1-3H3. The van der Waals surface area contributed by atoms with E-state index in [2.05, 4.69) is 23.8 Å². The normalized spacial score (nSPS) is 20.2. The number of hydrogen-bond donors (Lipinski definition) is 0. The van der Waals surface area contributed by atoms with Crippen LogP contribution < -0.4 is 4.90 Å². The zero-order valence-corrected chi connectivity index (χ0v) is 12.5. The van der Waals surface area contributed by atoms with Gasteiger partial charge in [-0.2, -0.15) is 5.10 Å². The molecule has 0 N–H and O–H groups in total. The monoisotopic (exact) mass is 279 g/mol. The zero-order chi connectivity index (χ0) is 14.7. The Hall–Kier alpha value is -1.59. The summed E-state index contributed by atoms with van der Waals surface area (Å²) in [4.78, 5) is 12.9. The smallest absolute Gasteiger partial charge is 0.331 e. The molecule has 1 aromatic rings. The minimum atomic E-state index is -0.339. The first-order valence-electron chi connectivity index (χ1n) is 7.19. The van der Waals surface area contributed by atoms with Gasteiger partial charge in [-0.05, 0) is 37.5 Å². The van der Waals surface area contributed by atoms with Crippen LogP contribution in [0.5, 0.6) is 0 Å². The number of aromatic nitrogens is 2. The Bertz CT molecular complexity index is 470. The maximum atomic E-state index is 11.1. The van der Waals surface area contributed by atoms with Crippen molar-refractivity contribution in [1.29, 1.82) is 0 Å². The van der Waals surface area contributed by atoms with Gasteiger partial charge in [0.2, 0.25) is 5.82 Å². The van der Waals surface area contributed by atoms with Gasteiger partial charge in [0.05, 0.1) is 4.92 Å². The molecule has 0 aromatic carbocycles. The van der Waals surface area contributed by atoms with Gasteiger partial charge < -0.3 is 4.90 Å². The molecule has 1 unspecified atom stereocenters. The van der Waals surface area contributed by atoms with Crippen molar-refractivity contribution in [2.24, 2.45) is 13.0 Å². The first-order valence-corrected chi connectivity index (χ1v) is 7.19. The molecule has 1 aliphatic heterocycles. The summed E-state index contributed by atoms with van der Waals surface area (Å²) in [5, 5.41) is 15.1. The lowest BCUT2D eigenvalue weighted by atomic mass is 9.91. The van der Waals surface area contributed by atoms with Crippen molar-refractivity contribution in [3.8, 4) is 0 Å². The number of nitro groups is 1. The van der Waals surface area contributed by atoms with E-state index in [1.54, 1.807) is 11.7 Å². The van der Waals surface area contributed by atoms with Gasteiger partial charge in [0.15, 0.2) is 0 Å². The third-order valence-electron chi connectivity index (χ3n) is 3.93. The number of aryl methyl sites for hydroxylation is 1. The topological polar surface area (TPSA) is 64.2 Å². The van der Waals surface area contributed by atoms with Gasteiger partial charge in [0.25, 0.3) is 0 Å². The average molecular weight is 279 g/mol. The lowest BCUT2D eigenvalue weighted by Crippen LogP contribution is -2.27. The number of rotatable bonds is 4. The second kappa shape index (κ2) is 6.24. The summed E-state index contributed by atoms with van der Waals surface area (Å²) in [6.45, 7) is 6.10. The first kappa shape index (κ1) is 14.8. The minimum absolute atomic E-state index is 0.115. The highest BCUT2D eigenvalue weighted by molar-refractivity contribution is 5.57. The summed E-state index contributed by atoms with van der Waals surface area (Å²) in [6.07, 6.45) is 5.89.